The Bertz CT molecular complexity index is 650. The molecule has 2 aliphatic carbocycles. The molecule has 0 spiro atoms. The van der Waals surface area contributed by atoms with Crippen LogP contribution in [-0.4, -0.2) is 20.5 Å². The molecule has 0 fully saturated rings. The van der Waals surface area contributed by atoms with Crippen LogP contribution in [0.5, 0.6) is 0 Å². The summed E-state index contributed by atoms with van der Waals surface area (Å²) in [5.41, 5.74) is 2.99. The van der Waals surface area contributed by atoms with Crippen LogP contribution in [0, 0.1) is 0 Å². The zero-order valence-electron chi connectivity index (χ0n) is 16.2. The van der Waals surface area contributed by atoms with Gasteiger partial charge in [0.15, 0.2) is 8.32 Å². The van der Waals surface area contributed by atoms with Gasteiger partial charge >= 0.3 is 0 Å². The second-order valence-corrected chi connectivity index (χ2v) is 14.7. The van der Waals surface area contributed by atoms with Gasteiger partial charge in [0.05, 0.1) is 6.10 Å². The van der Waals surface area contributed by atoms with E-state index in [0.29, 0.717) is 18.2 Å². The highest BCUT2D eigenvalue weighted by Crippen LogP contribution is 2.40. The van der Waals surface area contributed by atoms with Gasteiger partial charge in [0.1, 0.15) is 0 Å². The molecule has 0 amide bonds. The van der Waals surface area contributed by atoms with Crippen LogP contribution in [-0.2, 0) is 10.8 Å². The van der Waals surface area contributed by atoms with Gasteiger partial charge in [-0.15, -0.1) is 0 Å². The zero-order valence-corrected chi connectivity index (χ0v) is 18.8. The molecule has 1 aromatic rings. The van der Waals surface area contributed by atoms with Crippen LogP contribution in [0.3, 0.4) is 0 Å². The molecule has 0 aromatic heterocycles. The van der Waals surface area contributed by atoms with Gasteiger partial charge in [0.25, 0.3) is 0 Å². The van der Waals surface area contributed by atoms with E-state index in [1.165, 1.54) is 28.5 Å². The Kier molecular flexibility index (Phi) is 5.65. The maximum atomic E-state index is 6.69. The Balaban J connectivity index is 1.67. The lowest BCUT2D eigenvalue weighted by Crippen LogP contribution is -2.46. The predicted molar refractivity (Wildman–Crippen MR) is 113 cm³/mol. The number of hydrogen-bond donors (Lipinski definition) is 1. The molecule has 0 saturated heterocycles. The molecule has 138 valence electrons. The average molecular weight is 422 g/mol. The molecule has 0 radical (unpaired) electrons. The second-order valence-electron chi connectivity index (χ2n) is 9.07. The van der Waals surface area contributed by atoms with Crippen LogP contribution in [0.15, 0.2) is 34.8 Å². The van der Waals surface area contributed by atoms with E-state index < -0.39 is 8.32 Å². The van der Waals surface area contributed by atoms with E-state index in [0.717, 1.165) is 12.8 Å². The standard InChI is InChI=1S/C21H32BrNOSi/c1-21(2,3)25(4,5)24-16-11-12-18(22)20(14-16)23-19-13-10-15-8-6-7-9-17(15)19/h6-9,12,16,19-20,23H,10-11,13-14H2,1-5H3/t16-,19-,20+/m0/s1. The van der Waals surface area contributed by atoms with Crippen molar-refractivity contribution < 1.29 is 4.43 Å². The summed E-state index contributed by atoms with van der Waals surface area (Å²) in [4.78, 5) is 0. The van der Waals surface area contributed by atoms with Gasteiger partial charge in [-0.1, -0.05) is 67.0 Å². The summed E-state index contributed by atoms with van der Waals surface area (Å²) in [5.74, 6) is 0. The first-order chi connectivity index (χ1) is 11.7. The van der Waals surface area contributed by atoms with Crippen LogP contribution in [0.2, 0.25) is 18.1 Å². The number of aryl methyl sites for hydroxylation is 1. The van der Waals surface area contributed by atoms with Crippen LogP contribution >= 0.6 is 15.9 Å². The molecular formula is C21H32BrNOSi. The van der Waals surface area contributed by atoms with E-state index in [1.807, 2.05) is 0 Å². The zero-order chi connectivity index (χ0) is 18.2. The maximum Gasteiger partial charge on any atom is 0.192 e. The molecule has 0 bridgehead atoms. The van der Waals surface area contributed by atoms with E-state index in [4.69, 9.17) is 4.43 Å². The van der Waals surface area contributed by atoms with Gasteiger partial charge in [-0.2, -0.15) is 0 Å². The SMILES string of the molecule is CC(C)(C)[Si](C)(C)O[C@H]1CC=C(Br)[C@H](N[C@H]2CCc3ccccc32)C1. The largest absolute Gasteiger partial charge is 0.414 e. The summed E-state index contributed by atoms with van der Waals surface area (Å²) < 4.78 is 7.99. The molecule has 4 heteroatoms. The van der Waals surface area contributed by atoms with Crippen LogP contribution in [0.25, 0.3) is 0 Å². The van der Waals surface area contributed by atoms with Gasteiger partial charge < -0.3 is 9.74 Å². The minimum atomic E-state index is -1.72. The fraction of sp³-hybridized carbons (Fsp3) is 0.619. The van der Waals surface area contributed by atoms with Crippen molar-refractivity contribution in [1.82, 2.24) is 5.32 Å². The first-order valence-electron chi connectivity index (χ1n) is 9.54. The highest BCUT2D eigenvalue weighted by molar-refractivity contribution is 9.11. The van der Waals surface area contributed by atoms with Crippen LogP contribution < -0.4 is 5.32 Å². The lowest BCUT2D eigenvalue weighted by molar-refractivity contribution is 0.156. The van der Waals surface area contributed by atoms with Gasteiger partial charge in [0.2, 0.25) is 0 Å². The van der Waals surface area contributed by atoms with Crippen LogP contribution in [0.4, 0.5) is 0 Å². The third-order valence-corrected chi connectivity index (χ3v) is 11.6. The summed E-state index contributed by atoms with van der Waals surface area (Å²) in [7, 11) is -1.72. The number of fused-ring (bicyclic) bond motifs is 1. The van der Waals surface area contributed by atoms with Gasteiger partial charge in [-0.3, -0.25) is 0 Å². The fourth-order valence-corrected chi connectivity index (χ4v) is 5.55. The number of hydrogen-bond acceptors (Lipinski definition) is 2. The smallest absolute Gasteiger partial charge is 0.192 e. The van der Waals surface area contributed by atoms with Crippen molar-refractivity contribution in [2.45, 2.75) is 82.8 Å². The first kappa shape index (κ1) is 19.3. The van der Waals surface area contributed by atoms with Gasteiger partial charge in [0, 0.05) is 16.6 Å². The third kappa shape index (κ3) is 4.29. The Morgan fingerprint density at radius 3 is 2.60 bits per heavy atom. The van der Waals surface area contributed by atoms with E-state index >= 15 is 0 Å². The normalized spacial score (nSPS) is 27.1. The topological polar surface area (TPSA) is 21.3 Å². The van der Waals surface area contributed by atoms with E-state index in [-0.39, 0.29) is 5.04 Å². The van der Waals surface area contributed by atoms with Crippen molar-refractivity contribution in [2.24, 2.45) is 0 Å². The Hall–Kier alpha value is -0.423. The molecule has 1 N–H and O–H groups in total. The summed E-state index contributed by atoms with van der Waals surface area (Å²) in [6.07, 6.45) is 7.11. The quantitative estimate of drug-likeness (QED) is 0.593. The molecule has 25 heavy (non-hydrogen) atoms. The van der Waals surface area contributed by atoms with E-state index in [1.54, 1.807) is 0 Å². The monoisotopic (exact) mass is 421 g/mol. The second kappa shape index (κ2) is 7.30. The minimum Gasteiger partial charge on any atom is -0.414 e. The van der Waals surface area contributed by atoms with Crippen molar-refractivity contribution in [2.75, 3.05) is 0 Å². The molecular weight excluding hydrogens is 390 g/mol. The number of nitrogens with one attached hydrogen (secondary N) is 1. The summed E-state index contributed by atoms with van der Waals surface area (Å²) in [6, 6.07) is 9.69. The van der Waals surface area contributed by atoms with Crippen molar-refractivity contribution in [3.63, 3.8) is 0 Å². The Morgan fingerprint density at radius 1 is 1.16 bits per heavy atom. The number of rotatable bonds is 4. The molecule has 3 rings (SSSR count). The summed E-state index contributed by atoms with van der Waals surface area (Å²) >= 11 is 3.80. The van der Waals surface area contributed by atoms with Crippen molar-refractivity contribution >= 4 is 24.2 Å². The van der Waals surface area contributed by atoms with Crippen LogP contribution in [0.1, 0.15) is 57.2 Å². The third-order valence-electron chi connectivity index (χ3n) is 6.21. The molecule has 1 aromatic carbocycles. The highest BCUT2D eigenvalue weighted by atomic mass is 79.9. The molecule has 2 nitrogen and oxygen atoms in total. The number of benzene rings is 1. The van der Waals surface area contributed by atoms with E-state index in [2.05, 4.69) is 85.5 Å². The van der Waals surface area contributed by atoms with Gasteiger partial charge in [-0.25, -0.2) is 0 Å². The predicted octanol–water partition coefficient (Wildman–Crippen LogP) is 6.10. The average Bonchev–Trinajstić information content (AvgIpc) is 2.92. The lowest BCUT2D eigenvalue weighted by atomic mass is 9.98. The lowest BCUT2D eigenvalue weighted by Gasteiger charge is -2.41. The minimum absolute atomic E-state index is 0.263. The Labute approximate surface area is 162 Å². The molecule has 2 aliphatic rings. The maximum absolute atomic E-state index is 6.69. The number of halogens is 1. The molecule has 0 saturated carbocycles. The molecule has 3 atom stereocenters. The summed E-state index contributed by atoms with van der Waals surface area (Å²) in [5, 5.41) is 4.16. The molecule has 0 heterocycles. The fourth-order valence-electron chi connectivity index (χ4n) is 3.67. The first-order valence-corrected chi connectivity index (χ1v) is 13.2. The van der Waals surface area contributed by atoms with Gasteiger partial charge in [-0.05, 0) is 54.9 Å². The van der Waals surface area contributed by atoms with E-state index in [9.17, 15) is 0 Å². The van der Waals surface area contributed by atoms with Crippen molar-refractivity contribution in [3.8, 4) is 0 Å². The Morgan fingerprint density at radius 2 is 1.88 bits per heavy atom. The molecule has 0 aliphatic heterocycles. The summed E-state index contributed by atoms with van der Waals surface area (Å²) in [6.45, 7) is 11.7. The molecule has 0 unspecified atom stereocenters. The van der Waals surface area contributed by atoms with Crippen molar-refractivity contribution in [1.29, 1.82) is 0 Å². The van der Waals surface area contributed by atoms with Crippen molar-refractivity contribution in [3.05, 3.63) is 46.0 Å². The highest BCUT2D eigenvalue weighted by Gasteiger charge is 2.40.